The van der Waals surface area contributed by atoms with Crippen LogP contribution in [0.4, 0.5) is 4.79 Å². The van der Waals surface area contributed by atoms with Gasteiger partial charge in [-0.2, -0.15) is 0 Å². The second kappa shape index (κ2) is 4.24. The molecule has 2 aliphatic heterocycles. The molecule has 0 aromatic heterocycles. The summed E-state index contributed by atoms with van der Waals surface area (Å²) in [5.41, 5.74) is -0.407. The van der Waals surface area contributed by atoms with Crippen molar-refractivity contribution < 1.29 is 9.53 Å². The van der Waals surface area contributed by atoms with E-state index < -0.39 is 5.60 Å². The second-order valence-corrected chi connectivity index (χ2v) is 5.95. The van der Waals surface area contributed by atoms with Crippen molar-refractivity contribution in [1.82, 2.24) is 10.6 Å². The molecule has 4 heteroatoms. The Morgan fingerprint density at radius 3 is 2.31 bits per heavy atom. The third kappa shape index (κ3) is 3.11. The van der Waals surface area contributed by atoms with Gasteiger partial charge in [0, 0.05) is 18.1 Å². The second-order valence-electron chi connectivity index (χ2n) is 5.95. The minimum Gasteiger partial charge on any atom is -0.444 e. The van der Waals surface area contributed by atoms with Gasteiger partial charge >= 0.3 is 6.09 Å². The highest BCUT2D eigenvalue weighted by Gasteiger charge is 2.34. The van der Waals surface area contributed by atoms with Gasteiger partial charge in [-0.25, -0.2) is 4.79 Å². The van der Waals surface area contributed by atoms with E-state index in [-0.39, 0.29) is 12.1 Å². The van der Waals surface area contributed by atoms with Crippen molar-refractivity contribution in [1.29, 1.82) is 0 Å². The molecule has 1 amide bonds. The van der Waals surface area contributed by atoms with Crippen LogP contribution in [0.3, 0.4) is 0 Å². The first-order valence-corrected chi connectivity index (χ1v) is 6.18. The SMILES string of the molecule is CC(C)(C)OC(=O)N[C@@H]1C[C@H]2CC[C@@H](C1)N2. The Hall–Kier alpha value is -0.770. The van der Waals surface area contributed by atoms with E-state index >= 15 is 0 Å². The fourth-order valence-electron chi connectivity index (χ4n) is 2.65. The van der Waals surface area contributed by atoms with Crippen molar-refractivity contribution in [2.24, 2.45) is 0 Å². The summed E-state index contributed by atoms with van der Waals surface area (Å²) in [7, 11) is 0. The maximum atomic E-state index is 11.6. The van der Waals surface area contributed by atoms with Gasteiger partial charge in [0.1, 0.15) is 5.60 Å². The number of carbonyl (C=O) groups excluding carboxylic acids is 1. The highest BCUT2D eigenvalue weighted by Crippen LogP contribution is 2.26. The largest absolute Gasteiger partial charge is 0.444 e. The van der Waals surface area contributed by atoms with Gasteiger partial charge in [0.15, 0.2) is 0 Å². The average Bonchev–Trinajstić information content (AvgIpc) is 2.42. The van der Waals surface area contributed by atoms with Crippen molar-refractivity contribution >= 4 is 6.09 Å². The summed E-state index contributed by atoms with van der Waals surface area (Å²) in [6.07, 6.45) is 4.29. The number of rotatable bonds is 1. The van der Waals surface area contributed by atoms with E-state index in [9.17, 15) is 4.79 Å². The lowest BCUT2D eigenvalue weighted by atomic mass is 10.0. The molecule has 0 aromatic rings. The smallest absolute Gasteiger partial charge is 0.407 e. The molecule has 2 aliphatic rings. The van der Waals surface area contributed by atoms with Crippen LogP contribution in [0.1, 0.15) is 46.5 Å². The van der Waals surface area contributed by atoms with Crippen molar-refractivity contribution in [2.45, 2.75) is 70.2 Å². The van der Waals surface area contributed by atoms with Gasteiger partial charge in [0.05, 0.1) is 0 Å². The molecule has 0 radical (unpaired) electrons. The molecule has 16 heavy (non-hydrogen) atoms. The molecule has 4 nitrogen and oxygen atoms in total. The van der Waals surface area contributed by atoms with E-state index in [1.807, 2.05) is 20.8 Å². The lowest BCUT2D eigenvalue weighted by Gasteiger charge is -2.30. The lowest BCUT2D eigenvalue weighted by molar-refractivity contribution is 0.0489. The molecule has 3 atom stereocenters. The van der Waals surface area contributed by atoms with Crippen LogP contribution >= 0.6 is 0 Å². The van der Waals surface area contributed by atoms with Crippen LogP contribution in [0, 0.1) is 0 Å². The Balaban J connectivity index is 1.79. The first kappa shape index (κ1) is 11.7. The Kier molecular flexibility index (Phi) is 3.10. The summed E-state index contributed by atoms with van der Waals surface area (Å²) < 4.78 is 5.26. The summed E-state index contributed by atoms with van der Waals surface area (Å²) >= 11 is 0. The number of piperidine rings is 1. The van der Waals surface area contributed by atoms with E-state index in [1.54, 1.807) is 0 Å². The Morgan fingerprint density at radius 2 is 1.81 bits per heavy atom. The summed E-state index contributed by atoms with van der Waals surface area (Å²) in [6.45, 7) is 5.66. The predicted molar refractivity (Wildman–Crippen MR) is 62.3 cm³/mol. The van der Waals surface area contributed by atoms with Gasteiger partial charge < -0.3 is 15.4 Å². The van der Waals surface area contributed by atoms with E-state index in [0.29, 0.717) is 12.1 Å². The zero-order valence-electron chi connectivity index (χ0n) is 10.4. The quantitative estimate of drug-likeness (QED) is 0.716. The fourth-order valence-corrected chi connectivity index (χ4v) is 2.65. The number of hydrogen-bond donors (Lipinski definition) is 2. The van der Waals surface area contributed by atoms with Crippen LogP contribution in [0.5, 0.6) is 0 Å². The molecule has 2 N–H and O–H groups in total. The number of carbonyl (C=O) groups is 1. The molecular weight excluding hydrogens is 204 g/mol. The van der Waals surface area contributed by atoms with Crippen molar-refractivity contribution in [2.75, 3.05) is 0 Å². The Bertz CT molecular complexity index is 261. The molecule has 0 unspecified atom stereocenters. The molecule has 0 aromatic carbocycles. The Labute approximate surface area is 97.1 Å². The molecule has 2 bridgehead atoms. The first-order valence-electron chi connectivity index (χ1n) is 6.18. The molecule has 0 spiro atoms. The van der Waals surface area contributed by atoms with Crippen LogP contribution in [0.2, 0.25) is 0 Å². The lowest BCUT2D eigenvalue weighted by Crippen LogP contribution is -2.49. The zero-order valence-corrected chi connectivity index (χ0v) is 10.4. The van der Waals surface area contributed by atoms with Gasteiger partial charge in [-0.1, -0.05) is 0 Å². The van der Waals surface area contributed by atoms with Crippen LogP contribution in [-0.4, -0.2) is 29.8 Å². The number of hydrogen-bond acceptors (Lipinski definition) is 3. The molecule has 2 saturated heterocycles. The minimum atomic E-state index is -0.407. The number of fused-ring (bicyclic) bond motifs is 2. The van der Waals surface area contributed by atoms with Crippen LogP contribution in [0.15, 0.2) is 0 Å². The predicted octanol–water partition coefficient (Wildman–Crippen LogP) is 1.79. The van der Waals surface area contributed by atoms with Crippen LogP contribution < -0.4 is 10.6 Å². The van der Waals surface area contributed by atoms with Gasteiger partial charge in [-0.05, 0) is 46.5 Å². The van der Waals surface area contributed by atoms with Gasteiger partial charge in [0.2, 0.25) is 0 Å². The van der Waals surface area contributed by atoms with Gasteiger partial charge in [-0.3, -0.25) is 0 Å². The summed E-state index contributed by atoms with van der Waals surface area (Å²) in [5, 5.41) is 6.52. The summed E-state index contributed by atoms with van der Waals surface area (Å²) in [5.74, 6) is 0. The molecule has 2 heterocycles. The molecule has 2 rings (SSSR count). The first-order chi connectivity index (χ1) is 7.42. The summed E-state index contributed by atoms with van der Waals surface area (Å²) in [4.78, 5) is 11.6. The van der Waals surface area contributed by atoms with E-state index in [2.05, 4.69) is 10.6 Å². The van der Waals surface area contributed by atoms with Gasteiger partial charge in [-0.15, -0.1) is 0 Å². The van der Waals surface area contributed by atoms with Crippen molar-refractivity contribution in [3.63, 3.8) is 0 Å². The van der Waals surface area contributed by atoms with Gasteiger partial charge in [0.25, 0.3) is 0 Å². The zero-order chi connectivity index (χ0) is 11.8. The Morgan fingerprint density at radius 1 is 1.25 bits per heavy atom. The van der Waals surface area contributed by atoms with E-state index in [1.165, 1.54) is 12.8 Å². The maximum absolute atomic E-state index is 11.6. The monoisotopic (exact) mass is 226 g/mol. The molecule has 0 aliphatic carbocycles. The summed E-state index contributed by atoms with van der Waals surface area (Å²) in [6, 6.07) is 1.48. The normalized spacial score (nSPS) is 33.6. The molecule has 92 valence electrons. The third-order valence-electron chi connectivity index (χ3n) is 3.19. The third-order valence-corrected chi connectivity index (χ3v) is 3.19. The van der Waals surface area contributed by atoms with Crippen molar-refractivity contribution in [3.05, 3.63) is 0 Å². The maximum Gasteiger partial charge on any atom is 0.407 e. The highest BCUT2D eigenvalue weighted by atomic mass is 16.6. The minimum absolute atomic E-state index is 0.279. The number of amides is 1. The van der Waals surface area contributed by atoms with Crippen LogP contribution in [-0.2, 0) is 4.74 Å². The van der Waals surface area contributed by atoms with Crippen molar-refractivity contribution in [3.8, 4) is 0 Å². The fraction of sp³-hybridized carbons (Fsp3) is 0.917. The highest BCUT2D eigenvalue weighted by molar-refractivity contribution is 5.68. The van der Waals surface area contributed by atoms with Crippen LogP contribution in [0.25, 0.3) is 0 Å². The molecular formula is C12H22N2O2. The number of ether oxygens (including phenoxy) is 1. The number of alkyl carbamates (subject to hydrolysis) is 1. The van der Waals surface area contributed by atoms with E-state index in [4.69, 9.17) is 4.74 Å². The molecule has 0 saturated carbocycles. The van der Waals surface area contributed by atoms with E-state index in [0.717, 1.165) is 12.8 Å². The molecule has 2 fully saturated rings. The standard InChI is InChI=1S/C12H22N2O2/c1-12(2,3)16-11(15)14-10-6-8-4-5-9(7-10)13-8/h8-10,13H,4-7H2,1-3H3,(H,14,15)/t8-,9+,10-. The topological polar surface area (TPSA) is 50.4 Å². The average molecular weight is 226 g/mol. The number of nitrogens with one attached hydrogen (secondary N) is 2.